The number of nitrogens with zero attached hydrogens (tertiary/aromatic N) is 2. The molecule has 12 heteroatoms. The van der Waals surface area contributed by atoms with Gasteiger partial charge in [-0.1, -0.05) is 0 Å². The molecule has 0 aliphatic heterocycles. The third-order valence-electron chi connectivity index (χ3n) is 4.12. The van der Waals surface area contributed by atoms with Gasteiger partial charge >= 0.3 is 6.18 Å². The lowest BCUT2D eigenvalue weighted by atomic mass is 10.1. The molecule has 8 nitrogen and oxygen atoms in total. The van der Waals surface area contributed by atoms with Crippen LogP contribution in [0.5, 0.6) is 5.75 Å². The van der Waals surface area contributed by atoms with Crippen molar-refractivity contribution in [1.82, 2.24) is 20.7 Å². The van der Waals surface area contributed by atoms with E-state index in [0.717, 1.165) is 12.1 Å². The zero-order valence-corrected chi connectivity index (χ0v) is 15.6. The fourth-order valence-electron chi connectivity index (χ4n) is 2.65. The Bertz CT molecular complexity index is 1130. The zero-order valence-electron chi connectivity index (χ0n) is 15.6. The molecular formula is C18H15F4N5O3. The van der Waals surface area contributed by atoms with Crippen LogP contribution in [0.25, 0.3) is 11.0 Å². The van der Waals surface area contributed by atoms with Crippen LogP contribution in [0.15, 0.2) is 24.3 Å². The summed E-state index contributed by atoms with van der Waals surface area (Å²) < 4.78 is 56.3. The molecular weight excluding hydrogens is 410 g/mol. The van der Waals surface area contributed by atoms with E-state index in [9.17, 15) is 27.2 Å². The van der Waals surface area contributed by atoms with Crippen molar-refractivity contribution in [3.05, 3.63) is 46.8 Å². The molecule has 0 fully saturated rings. The van der Waals surface area contributed by atoms with Gasteiger partial charge < -0.3 is 15.4 Å². The summed E-state index contributed by atoms with van der Waals surface area (Å²) in [6.07, 6.45) is -4.65. The molecule has 3 N–H and O–H groups in total. The summed E-state index contributed by atoms with van der Waals surface area (Å²) in [5.74, 6) is -2.60. The summed E-state index contributed by atoms with van der Waals surface area (Å²) in [7, 11) is 1.33. The zero-order chi connectivity index (χ0) is 22.1. The number of carbonyl (C=O) groups is 2. The molecule has 158 valence electrons. The van der Waals surface area contributed by atoms with Gasteiger partial charge in [0.1, 0.15) is 29.1 Å². The number of anilines is 1. The second kappa shape index (κ2) is 7.97. The average molecular weight is 425 g/mol. The Morgan fingerprint density at radius 3 is 2.37 bits per heavy atom. The van der Waals surface area contributed by atoms with Gasteiger partial charge in [-0.15, -0.1) is 0 Å². The molecule has 2 amide bonds. The van der Waals surface area contributed by atoms with Crippen LogP contribution in [-0.2, 0) is 0 Å². The lowest BCUT2D eigenvalue weighted by Crippen LogP contribution is -2.34. The SMILES string of the molecule is COc1cc2n[nH]nc2cc1C(=O)Nc1cc(C)c(F)cc1C(=O)NCC(F)(F)F. The maximum absolute atomic E-state index is 14.0. The number of halogens is 4. The molecule has 3 rings (SSSR count). The molecule has 2 aromatic carbocycles. The Morgan fingerprint density at radius 2 is 1.73 bits per heavy atom. The Hall–Kier alpha value is -3.70. The number of rotatable bonds is 5. The molecule has 0 radical (unpaired) electrons. The number of hydrogen-bond acceptors (Lipinski definition) is 5. The smallest absolute Gasteiger partial charge is 0.405 e. The molecule has 3 aromatic rings. The van der Waals surface area contributed by atoms with Crippen molar-refractivity contribution in [2.45, 2.75) is 13.1 Å². The van der Waals surface area contributed by atoms with E-state index >= 15 is 0 Å². The van der Waals surface area contributed by atoms with Crippen LogP contribution in [0.3, 0.4) is 0 Å². The number of aromatic nitrogens is 3. The number of fused-ring (bicyclic) bond motifs is 1. The normalized spacial score (nSPS) is 11.4. The predicted octanol–water partition coefficient (Wildman–Crippen LogP) is 2.96. The maximum Gasteiger partial charge on any atom is 0.405 e. The van der Waals surface area contributed by atoms with Gasteiger partial charge in [0.2, 0.25) is 0 Å². The molecule has 0 spiro atoms. The van der Waals surface area contributed by atoms with E-state index in [4.69, 9.17) is 4.74 Å². The Balaban J connectivity index is 1.95. The first-order valence-corrected chi connectivity index (χ1v) is 8.44. The van der Waals surface area contributed by atoms with Crippen LogP contribution in [0.4, 0.5) is 23.2 Å². The first kappa shape index (κ1) is 21.0. The number of aryl methyl sites for hydroxylation is 1. The van der Waals surface area contributed by atoms with Gasteiger partial charge in [0.05, 0.1) is 23.9 Å². The Kier molecular flexibility index (Phi) is 5.58. The Morgan fingerprint density at radius 1 is 1.07 bits per heavy atom. The minimum absolute atomic E-state index is 0.0301. The van der Waals surface area contributed by atoms with Crippen molar-refractivity contribution in [2.24, 2.45) is 0 Å². The minimum atomic E-state index is -4.65. The van der Waals surface area contributed by atoms with Gasteiger partial charge in [-0.25, -0.2) is 4.39 Å². The monoisotopic (exact) mass is 425 g/mol. The lowest BCUT2D eigenvalue weighted by Gasteiger charge is -2.15. The van der Waals surface area contributed by atoms with E-state index in [0.29, 0.717) is 11.0 Å². The largest absolute Gasteiger partial charge is 0.496 e. The fraction of sp³-hybridized carbons (Fsp3) is 0.222. The number of amides is 2. The summed E-state index contributed by atoms with van der Waals surface area (Å²) in [6, 6.07) is 4.75. The van der Waals surface area contributed by atoms with Crippen LogP contribution >= 0.6 is 0 Å². The predicted molar refractivity (Wildman–Crippen MR) is 97.9 cm³/mol. The highest BCUT2D eigenvalue weighted by Crippen LogP contribution is 2.27. The fourth-order valence-corrected chi connectivity index (χ4v) is 2.65. The molecule has 0 saturated carbocycles. The van der Waals surface area contributed by atoms with Gasteiger partial charge in [0, 0.05) is 6.07 Å². The van der Waals surface area contributed by atoms with E-state index in [1.165, 1.54) is 26.2 Å². The van der Waals surface area contributed by atoms with Gasteiger partial charge in [-0.2, -0.15) is 28.6 Å². The molecule has 1 aromatic heterocycles. The highest BCUT2D eigenvalue weighted by atomic mass is 19.4. The van der Waals surface area contributed by atoms with Crippen LogP contribution in [0.2, 0.25) is 0 Å². The summed E-state index contributed by atoms with van der Waals surface area (Å²) in [5.41, 5.74) is 0.282. The summed E-state index contributed by atoms with van der Waals surface area (Å²) in [5, 5.41) is 14.2. The standard InChI is InChI=1S/C18H15F4N5O3/c1-8-3-12(9(4-11(8)19)16(28)23-7-18(20,21)22)24-17(29)10-5-13-14(26-27-25-13)6-15(10)30-2/h3-6H,7H2,1-2H3,(H,23,28)(H,24,29)(H,25,26,27). The molecule has 1 heterocycles. The van der Waals surface area contributed by atoms with Crippen molar-refractivity contribution in [2.75, 3.05) is 19.0 Å². The quantitative estimate of drug-likeness (QED) is 0.545. The number of alkyl halides is 3. The van der Waals surface area contributed by atoms with Gasteiger partial charge in [0.25, 0.3) is 11.8 Å². The maximum atomic E-state index is 14.0. The van der Waals surface area contributed by atoms with Crippen molar-refractivity contribution in [1.29, 1.82) is 0 Å². The highest BCUT2D eigenvalue weighted by Gasteiger charge is 2.29. The number of methoxy groups -OCH3 is 1. The molecule has 0 aliphatic rings. The van der Waals surface area contributed by atoms with Gasteiger partial charge in [0.15, 0.2) is 0 Å². The van der Waals surface area contributed by atoms with Crippen molar-refractivity contribution < 1.29 is 31.9 Å². The summed E-state index contributed by atoms with van der Waals surface area (Å²) in [4.78, 5) is 25.0. The minimum Gasteiger partial charge on any atom is -0.496 e. The van der Waals surface area contributed by atoms with Crippen molar-refractivity contribution in [3.63, 3.8) is 0 Å². The van der Waals surface area contributed by atoms with Crippen molar-refractivity contribution >= 4 is 28.5 Å². The number of benzene rings is 2. The molecule has 0 aliphatic carbocycles. The topological polar surface area (TPSA) is 109 Å². The summed E-state index contributed by atoms with van der Waals surface area (Å²) in [6.45, 7) is -0.226. The van der Waals surface area contributed by atoms with Crippen molar-refractivity contribution in [3.8, 4) is 5.75 Å². The van der Waals surface area contributed by atoms with Crippen LogP contribution < -0.4 is 15.4 Å². The van der Waals surface area contributed by atoms with E-state index in [-0.39, 0.29) is 22.6 Å². The lowest BCUT2D eigenvalue weighted by molar-refractivity contribution is -0.123. The van der Waals surface area contributed by atoms with Crippen LogP contribution in [-0.4, -0.2) is 47.1 Å². The number of carbonyl (C=O) groups excluding carboxylic acids is 2. The van der Waals surface area contributed by atoms with Crippen LogP contribution in [0, 0.1) is 12.7 Å². The summed E-state index contributed by atoms with van der Waals surface area (Å²) >= 11 is 0. The molecule has 0 atom stereocenters. The Labute approximate surface area is 166 Å². The second-order valence-electron chi connectivity index (χ2n) is 6.26. The van der Waals surface area contributed by atoms with E-state index in [1.54, 1.807) is 5.32 Å². The van der Waals surface area contributed by atoms with E-state index in [1.807, 2.05) is 0 Å². The van der Waals surface area contributed by atoms with E-state index in [2.05, 4.69) is 20.7 Å². The number of H-pyrrole nitrogens is 1. The number of aromatic amines is 1. The highest BCUT2D eigenvalue weighted by molar-refractivity contribution is 6.11. The molecule has 0 unspecified atom stereocenters. The average Bonchev–Trinajstić information content (AvgIpc) is 3.14. The van der Waals surface area contributed by atoms with Gasteiger partial charge in [-0.05, 0) is 30.7 Å². The van der Waals surface area contributed by atoms with E-state index < -0.39 is 35.9 Å². The number of nitrogens with one attached hydrogen (secondary N) is 3. The molecule has 0 saturated heterocycles. The third kappa shape index (κ3) is 4.47. The molecule has 30 heavy (non-hydrogen) atoms. The number of hydrogen-bond donors (Lipinski definition) is 3. The van der Waals surface area contributed by atoms with Crippen LogP contribution in [0.1, 0.15) is 26.3 Å². The van der Waals surface area contributed by atoms with Gasteiger partial charge in [-0.3, -0.25) is 9.59 Å². The number of ether oxygens (including phenoxy) is 1. The molecule has 0 bridgehead atoms. The first-order valence-electron chi connectivity index (χ1n) is 8.44. The second-order valence-corrected chi connectivity index (χ2v) is 6.26. The first-order chi connectivity index (χ1) is 14.1. The third-order valence-corrected chi connectivity index (χ3v) is 4.12.